The number of nitrogens with one attached hydrogen (secondary N) is 3. The van der Waals surface area contributed by atoms with Crippen LogP contribution in [0.1, 0.15) is 23.2 Å². The predicted octanol–water partition coefficient (Wildman–Crippen LogP) is 2.43. The highest BCUT2D eigenvalue weighted by atomic mass is 35.5. The SMILES string of the molecule is N#CCCn1cc(-c2cnc3c(Nc4ccc(C(=O)N5CCN(C(=O)N[C@@H]6CCNC6)CC5)c(Cl)c4)nccn23)cn1.O=CO. The molecule has 0 spiro atoms. The number of hydrogen-bond donors (Lipinski definition) is 4. The highest BCUT2D eigenvalue weighted by Gasteiger charge is 2.27. The number of nitriles is 1. The molecule has 2 aliphatic rings. The van der Waals surface area contributed by atoms with E-state index in [4.69, 9.17) is 26.8 Å². The number of piperazine rings is 1. The number of carboxylic acid groups (broad SMARTS) is 1. The number of aryl methyl sites for hydroxylation is 1. The third-order valence-electron chi connectivity index (χ3n) is 7.51. The molecule has 0 aliphatic carbocycles. The van der Waals surface area contributed by atoms with E-state index in [2.05, 4.69) is 37.1 Å². The topological polar surface area (TPSA) is 186 Å². The molecule has 3 amide bonds. The first-order valence-corrected chi connectivity index (χ1v) is 14.7. The number of urea groups is 1. The fourth-order valence-electron chi connectivity index (χ4n) is 5.23. The lowest BCUT2D eigenvalue weighted by atomic mass is 10.1. The van der Waals surface area contributed by atoms with Crippen LogP contribution in [0.3, 0.4) is 0 Å². The van der Waals surface area contributed by atoms with Crippen molar-refractivity contribution in [3.63, 3.8) is 0 Å². The van der Waals surface area contributed by atoms with Crippen LogP contribution in [0.5, 0.6) is 0 Å². The van der Waals surface area contributed by atoms with Gasteiger partial charge in [0.1, 0.15) is 0 Å². The third-order valence-corrected chi connectivity index (χ3v) is 7.83. The molecule has 2 aliphatic heterocycles. The number of nitrogens with zero attached hydrogens (tertiary/aromatic N) is 8. The highest BCUT2D eigenvalue weighted by Crippen LogP contribution is 2.28. The number of fused-ring (bicyclic) bond motifs is 1. The molecule has 6 rings (SSSR count). The summed E-state index contributed by atoms with van der Waals surface area (Å²) in [5, 5.41) is 29.9. The molecule has 4 N–H and O–H groups in total. The maximum atomic E-state index is 13.3. The minimum atomic E-state index is -0.250. The van der Waals surface area contributed by atoms with Crippen molar-refractivity contribution in [3.05, 3.63) is 59.8 Å². The Labute approximate surface area is 263 Å². The second kappa shape index (κ2) is 14.5. The summed E-state index contributed by atoms with van der Waals surface area (Å²) in [5.74, 6) is 0.360. The highest BCUT2D eigenvalue weighted by molar-refractivity contribution is 6.34. The van der Waals surface area contributed by atoms with E-state index in [0.717, 1.165) is 30.8 Å². The summed E-state index contributed by atoms with van der Waals surface area (Å²) in [7, 11) is 0. The maximum absolute atomic E-state index is 13.3. The Balaban J connectivity index is 0.00000128. The van der Waals surface area contributed by atoms with Crippen LogP contribution in [0.2, 0.25) is 5.02 Å². The second-order valence-electron chi connectivity index (χ2n) is 10.4. The average molecular weight is 634 g/mol. The summed E-state index contributed by atoms with van der Waals surface area (Å²) in [6.07, 6.45) is 10.2. The van der Waals surface area contributed by atoms with Gasteiger partial charge in [0.15, 0.2) is 11.5 Å². The molecule has 45 heavy (non-hydrogen) atoms. The lowest BCUT2D eigenvalue weighted by Crippen LogP contribution is -2.54. The van der Waals surface area contributed by atoms with Crippen LogP contribution in [-0.4, -0.2) is 103 Å². The molecule has 4 aromatic rings. The van der Waals surface area contributed by atoms with Gasteiger partial charge in [0.25, 0.3) is 12.4 Å². The molecular weight excluding hydrogens is 602 g/mol. The fraction of sp³-hybridized carbons (Fsp3) is 0.345. The standard InChI is InChI=1S/C28H30ClN11O2.CH2O2/c29-23-14-20(2-3-22(23)27(41)37-10-12-38(13-11-37)28(42)36-21-4-6-31-16-21)35-25-26-33-17-24(40(26)9-7-32-25)19-15-34-39(18-19)8-1-5-30;2-1-3/h2-3,7,9,14-15,17-18,21,31H,1,4,6,8,10-13,16H2,(H,32,35)(H,36,42);1H,(H,2,3)/t21-;/m1./s1. The first kappa shape index (κ1) is 31.2. The molecule has 0 bridgehead atoms. The minimum Gasteiger partial charge on any atom is -0.483 e. The summed E-state index contributed by atoms with van der Waals surface area (Å²) in [6, 6.07) is 7.38. The van der Waals surface area contributed by atoms with Crippen molar-refractivity contribution in [2.45, 2.75) is 25.4 Å². The van der Waals surface area contributed by atoms with Crippen molar-refractivity contribution in [2.24, 2.45) is 0 Å². The number of imidazole rings is 1. The van der Waals surface area contributed by atoms with Crippen molar-refractivity contribution in [3.8, 4) is 17.3 Å². The first-order valence-electron chi connectivity index (χ1n) is 14.3. The summed E-state index contributed by atoms with van der Waals surface area (Å²) in [5.41, 5.74) is 3.38. The zero-order valence-electron chi connectivity index (χ0n) is 24.3. The lowest BCUT2D eigenvalue weighted by Gasteiger charge is -2.35. The third kappa shape index (κ3) is 7.31. The molecule has 3 aromatic heterocycles. The molecule has 5 heterocycles. The lowest BCUT2D eigenvalue weighted by molar-refractivity contribution is -0.122. The molecule has 16 heteroatoms. The van der Waals surface area contributed by atoms with Gasteiger partial charge in [-0.25, -0.2) is 14.8 Å². The van der Waals surface area contributed by atoms with Gasteiger partial charge in [-0.05, 0) is 31.2 Å². The van der Waals surface area contributed by atoms with Crippen molar-refractivity contribution >= 4 is 47.2 Å². The predicted molar refractivity (Wildman–Crippen MR) is 165 cm³/mol. The van der Waals surface area contributed by atoms with Crippen LogP contribution in [0.15, 0.2) is 49.2 Å². The molecular formula is C29H32ClN11O4. The number of aromatic nitrogens is 5. The summed E-state index contributed by atoms with van der Waals surface area (Å²) in [4.78, 5) is 46.7. The quantitative estimate of drug-likeness (QED) is 0.220. The van der Waals surface area contributed by atoms with Crippen LogP contribution in [0.25, 0.3) is 16.9 Å². The van der Waals surface area contributed by atoms with E-state index in [1.807, 2.05) is 16.8 Å². The number of carbonyl (C=O) groups excluding carboxylic acids is 2. The number of hydrogen-bond acceptors (Lipinski definition) is 9. The summed E-state index contributed by atoms with van der Waals surface area (Å²) < 4.78 is 3.64. The molecule has 1 atom stereocenters. The van der Waals surface area contributed by atoms with Gasteiger partial charge in [-0.3, -0.25) is 18.7 Å². The Hall–Kier alpha value is -5.20. The number of rotatable bonds is 7. The van der Waals surface area contributed by atoms with E-state index in [-0.39, 0.29) is 24.5 Å². The van der Waals surface area contributed by atoms with E-state index < -0.39 is 0 Å². The van der Waals surface area contributed by atoms with Crippen LogP contribution in [0, 0.1) is 11.3 Å². The normalized spacial score (nSPS) is 16.0. The monoisotopic (exact) mass is 633 g/mol. The van der Waals surface area contributed by atoms with E-state index in [0.29, 0.717) is 66.9 Å². The maximum Gasteiger partial charge on any atom is 0.317 e. The van der Waals surface area contributed by atoms with Gasteiger partial charge >= 0.3 is 6.03 Å². The summed E-state index contributed by atoms with van der Waals surface area (Å²) >= 11 is 6.59. The van der Waals surface area contributed by atoms with Crippen LogP contribution < -0.4 is 16.0 Å². The number of benzene rings is 1. The van der Waals surface area contributed by atoms with Crippen LogP contribution in [-0.2, 0) is 11.3 Å². The van der Waals surface area contributed by atoms with Gasteiger partial charge < -0.3 is 30.9 Å². The van der Waals surface area contributed by atoms with Crippen LogP contribution in [0.4, 0.5) is 16.3 Å². The van der Waals surface area contributed by atoms with Crippen LogP contribution >= 0.6 is 11.6 Å². The number of carbonyl (C=O) groups is 3. The molecule has 2 saturated heterocycles. The van der Waals surface area contributed by atoms with Gasteiger partial charge in [0.05, 0.1) is 47.7 Å². The Morgan fingerprint density at radius 3 is 2.67 bits per heavy atom. The number of halogens is 1. The minimum absolute atomic E-state index is 0.0804. The Morgan fingerprint density at radius 1 is 1.18 bits per heavy atom. The average Bonchev–Trinajstić information content (AvgIpc) is 3.82. The molecule has 15 nitrogen and oxygen atoms in total. The molecule has 0 saturated carbocycles. The number of anilines is 2. The van der Waals surface area contributed by atoms with Crippen molar-refractivity contribution < 1.29 is 19.5 Å². The Kier molecular flexibility index (Phi) is 10.1. The van der Waals surface area contributed by atoms with Crippen molar-refractivity contribution in [1.29, 1.82) is 5.26 Å². The largest absolute Gasteiger partial charge is 0.483 e. The molecule has 1 aromatic carbocycles. The molecule has 234 valence electrons. The van der Waals surface area contributed by atoms with Gasteiger partial charge in [-0.15, -0.1) is 0 Å². The Morgan fingerprint density at radius 2 is 1.96 bits per heavy atom. The van der Waals surface area contributed by atoms with E-state index in [1.165, 1.54) is 0 Å². The van der Waals surface area contributed by atoms with Gasteiger partial charge in [-0.2, -0.15) is 10.4 Å². The zero-order chi connectivity index (χ0) is 31.8. The molecule has 0 radical (unpaired) electrons. The van der Waals surface area contributed by atoms with E-state index in [1.54, 1.807) is 51.3 Å². The zero-order valence-corrected chi connectivity index (χ0v) is 25.0. The smallest absolute Gasteiger partial charge is 0.317 e. The molecule has 2 fully saturated rings. The Bertz CT molecular complexity index is 1700. The van der Waals surface area contributed by atoms with E-state index >= 15 is 0 Å². The second-order valence-corrected chi connectivity index (χ2v) is 10.8. The van der Waals surface area contributed by atoms with Crippen molar-refractivity contribution in [2.75, 3.05) is 44.6 Å². The number of amides is 3. The van der Waals surface area contributed by atoms with Gasteiger partial charge in [-0.1, -0.05) is 11.6 Å². The van der Waals surface area contributed by atoms with Gasteiger partial charge in [0.2, 0.25) is 0 Å². The first-order chi connectivity index (χ1) is 21.9. The molecule has 0 unspecified atom stereocenters. The van der Waals surface area contributed by atoms with Crippen molar-refractivity contribution in [1.82, 2.24) is 44.6 Å². The fourth-order valence-corrected chi connectivity index (χ4v) is 5.49. The summed E-state index contributed by atoms with van der Waals surface area (Å²) in [6.45, 7) is 3.80. The van der Waals surface area contributed by atoms with Gasteiger partial charge in [0, 0.05) is 68.6 Å². The van der Waals surface area contributed by atoms with E-state index in [9.17, 15) is 9.59 Å².